The molecule has 4 rings (SSSR count). The number of benzene rings is 1. The van der Waals surface area contributed by atoms with E-state index in [-0.39, 0.29) is 17.8 Å². The van der Waals surface area contributed by atoms with Crippen molar-refractivity contribution in [2.24, 2.45) is 0 Å². The van der Waals surface area contributed by atoms with Crippen molar-refractivity contribution in [3.05, 3.63) is 64.7 Å². The van der Waals surface area contributed by atoms with Gasteiger partial charge in [0.05, 0.1) is 10.7 Å². The number of anilines is 1. The van der Waals surface area contributed by atoms with Crippen LogP contribution in [0.3, 0.4) is 0 Å². The van der Waals surface area contributed by atoms with Crippen LogP contribution in [0.2, 0.25) is 5.02 Å². The van der Waals surface area contributed by atoms with Crippen LogP contribution in [0.15, 0.2) is 42.7 Å². The molecule has 1 aliphatic heterocycles. The third kappa shape index (κ3) is 4.16. The Bertz CT molecular complexity index is 1220. The van der Waals surface area contributed by atoms with Gasteiger partial charge in [0.15, 0.2) is 11.6 Å². The fourth-order valence-electron chi connectivity index (χ4n) is 3.40. The molecule has 3 aromatic rings. The van der Waals surface area contributed by atoms with Crippen LogP contribution in [0.4, 0.5) is 10.6 Å². The van der Waals surface area contributed by atoms with E-state index in [4.69, 9.17) is 16.3 Å². The normalized spacial score (nSPS) is 15.6. The molecule has 0 bridgehead atoms. The lowest BCUT2D eigenvalue weighted by Gasteiger charge is -2.26. The Morgan fingerprint density at radius 3 is 2.75 bits per heavy atom. The van der Waals surface area contributed by atoms with Gasteiger partial charge in [0.1, 0.15) is 14.4 Å². The second-order valence-electron chi connectivity index (χ2n) is 7.40. The minimum atomic E-state index is -1.67. The van der Waals surface area contributed by atoms with Crippen molar-refractivity contribution in [2.75, 3.05) is 25.3 Å². The van der Waals surface area contributed by atoms with Crippen LogP contribution in [-0.4, -0.2) is 51.6 Å². The monoisotopic (exact) mass is 469 g/mol. The molecule has 10 heteroatoms. The Labute approximate surface area is 192 Å². The molecule has 3 heterocycles. The Balaban J connectivity index is 1.61. The topological polar surface area (TPSA) is 88.5 Å². The number of ether oxygens (including phenoxy) is 1. The molecule has 1 unspecified atom stereocenters. The Hall–Kier alpha value is -3.09. The summed E-state index contributed by atoms with van der Waals surface area (Å²) in [6.45, 7) is 4.02. The molecule has 164 valence electrons. The maximum Gasteiger partial charge on any atom is 0.295 e. The molecule has 0 N–H and O–H groups in total. The number of aryl methyl sites for hydroxylation is 2. The molecule has 2 amide bonds. The van der Waals surface area contributed by atoms with E-state index in [1.807, 2.05) is 26.0 Å². The van der Waals surface area contributed by atoms with E-state index in [0.717, 1.165) is 16.7 Å². The number of carbonyl (C=O) groups is 2. The van der Waals surface area contributed by atoms with Crippen molar-refractivity contribution < 1.29 is 14.3 Å². The van der Waals surface area contributed by atoms with E-state index in [9.17, 15) is 9.59 Å². The van der Waals surface area contributed by atoms with Gasteiger partial charge >= 0.3 is 0 Å². The first-order chi connectivity index (χ1) is 15.3. The van der Waals surface area contributed by atoms with Gasteiger partial charge in [-0.05, 0) is 25.5 Å². The molecule has 0 fully saturated rings. The van der Waals surface area contributed by atoms with Gasteiger partial charge in [0, 0.05) is 38.1 Å². The van der Waals surface area contributed by atoms with Gasteiger partial charge in [-0.15, -0.1) is 0 Å². The SMILES string of the molecule is Cc1ccc(-c2ccnc(C(=O)N(C)P3COc4cc(Cl)cnc4N(C)C3=O)n2)c(C)c1. The van der Waals surface area contributed by atoms with Crippen LogP contribution >= 0.6 is 19.7 Å². The molecule has 1 aliphatic rings. The first-order valence-corrected chi connectivity index (χ1v) is 11.6. The van der Waals surface area contributed by atoms with Crippen molar-refractivity contribution >= 4 is 37.0 Å². The molecule has 32 heavy (non-hydrogen) atoms. The summed E-state index contributed by atoms with van der Waals surface area (Å²) in [7, 11) is 1.49. The maximum atomic E-state index is 13.2. The highest BCUT2D eigenvalue weighted by Crippen LogP contribution is 2.47. The average molecular weight is 470 g/mol. The minimum absolute atomic E-state index is 0.0193. The van der Waals surface area contributed by atoms with E-state index in [0.29, 0.717) is 22.3 Å². The fraction of sp³-hybridized carbons (Fsp3) is 0.227. The highest BCUT2D eigenvalue weighted by Gasteiger charge is 2.36. The van der Waals surface area contributed by atoms with Crippen LogP contribution < -0.4 is 9.64 Å². The van der Waals surface area contributed by atoms with Crippen LogP contribution in [-0.2, 0) is 0 Å². The van der Waals surface area contributed by atoms with Gasteiger partial charge in [-0.2, -0.15) is 0 Å². The Kier molecular flexibility index (Phi) is 6.09. The van der Waals surface area contributed by atoms with Crippen molar-refractivity contribution in [3.63, 3.8) is 0 Å². The first kappa shape index (κ1) is 22.1. The first-order valence-electron chi connectivity index (χ1n) is 9.78. The molecule has 0 saturated carbocycles. The Morgan fingerprint density at radius 2 is 2.00 bits per heavy atom. The van der Waals surface area contributed by atoms with Crippen LogP contribution in [0.5, 0.6) is 5.75 Å². The van der Waals surface area contributed by atoms with Gasteiger partial charge in [-0.25, -0.2) is 15.0 Å². The third-order valence-electron chi connectivity index (χ3n) is 5.13. The molecule has 8 nitrogen and oxygen atoms in total. The maximum absolute atomic E-state index is 13.2. The van der Waals surface area contributed by atoms with Crippen molar-refractivity contribution in [1.82, 2.24) is 19.6 Å². The zero-order chi connectivity index (χ0) is 23.0. The number of amides is 2. The van der Waals surface area contributed by atoms with Crippen LogP contribution in [0, 0.1) is 13.8 Å². The summed E-state index contributed by atoms with van der Waals surface area (Å²) < 4.78 is 7.16. The number of aromatic nitrogens is 3. The van der Waals surface area contributed by atoms with Gasteiger partial charge in [0.25, 0.3) is 11.6 Å². The molecular weight excluding hydrogens is 449 g/mol. The van der Waals surface area contributed by atoms with Gasteiger partial charge in [0.2, 0.25) is 5.82 Å². The molecule has 0 saturated heterocycles. The number of nitrogens with zero attached hydrogens (tertiary/aromatic N) is 5. The number of pyridine rings is 1. The number of rotatable bonds is 3. The highest BCUT2D eigenvalue weighted by atomic mass is 35.5. The average Bonchev–Trinajstić information content (AvgIpc) is 2.89. The highest BCUT2D eigenvalue weighted by molar-refractivity contribution is 7.73. The molecule has 0 aliphatic carbocycles. The standard InChI is InChI=1S/C22H21ClN5O3P/c1-13-5-6-16(14(2)9-13)17-7-8-24-19(26-17)21(29)28(4)32-12-31-18-10-15(23)11-25-20(18)27(3)22(32)30/h5-11H,12H2,1-4H3. The molecular formula is C22H21ClN5O3P. The number of carbonyl (C=O) groups excluding carboxylic acids is 2. The van der Waals surface area contributed by atoms with E-state index >= 15 is 0 Å². The molecule has 2 aromatic heterocycles. The number of fused-ring (bicyclic) bond motifs is 1. The number of halogens is 1. The second-order valence-corrected chi connectivity index (χ2v) is 9.88. The summed E-state index contributed by atoms with van der Waals surface area (Å²) in [5.41, 5.74) is 3.50. The van der Waals surface area contributed by atoms with Gasteiger partial charge in [-0.3, -0.25) is 14.5 Å². The summed E-state index contributed by atoms with van der Waals surface area (Å²) in [4.78, 5) is 40.5. The zero-order valence-corrected chi connectivity index (χ0v) is 19.7. The quantitative estimate of drug-likeness (QED) is 0.508. The zero-order valence-electron chi connectivity index (χ0n) is 18.0. The lowest BCUT2D eigenvalue weighted by Crippen LogP contribution is -2.32. The molecule has 0 radical (unpaired) electrons. The van der Waals surface area contributed by atoms with Crippen molar-refractivity contribution in [1.29, 1.82) is 0 Å². The van der Waals surface area contributed by atoms with E-state index in [1.54, 1.807) is 32.4 Å². The lowest BCUT2D eigenvalue weighted by atomic mass is 10.0. The second kappa shape index (κ2) is 8.81. The van der Waals surface area contributed by atoms with Crippen molar-refractivity contribution in [2.45, 2.75) is 13.8 Å². The summed E-state index contributed by atoms with van der Waals surface area (Å²) in [6, 6.07) is 9.40. The molecule has 0 spiro atoms. The van der Waals surface area contributed by atoms with Crippen molar-refractivity contribution in [3.8, 4) is 17.0 Å². The summed E-state index contributed by atoms with van der Waals surface area (Å²) >= 11 is 6.01. The predicted molar refractivity (Wildman–Crippen MR) is 124 cm³/mol. The molecule has 1 aromatic carbocycles. The summed E-state index contributed by atoms with van der Waals surface area (Å²) in [6.07, 6.45) is 3.02. The number of hydrogen-bond acceptors (Lipinski definition) is 6. The van der Waals surface area contributed by atoms with Gasteiger partial charge < -0.3 is 9.41 Å². The van der Waals surface area contributed by atoms with E-state index in [2.05, 4.69) is 21.0 Å². The smallest absolute Gasteiger partial charge is 0.295 e. The largest absolute Gasteiger partial charge is 0.483 e. The van der Waals surface area contributed by atoms with Crippen LogP contribution in [0.1, 0.15) is 21.7 Å². The van der Waals surface area contributed by atoms with Gasteiger partial charge in [-0.1, -0.05) is 35.4 Å². The lowest BCUT2D eigenvalue weighted by molar-refractivity contribution is 0.0873. The summed E-state index contributed by atoms with van der Waals surface area (Å²) in [5, 5.41) is 0.400. The predicted octanol–water partition coefficient (Wildman–Crippen LogP) is 4.88. The Morgan fingerprint density at radius 1 is 1.22 bits per heavy atom. The third-order valence-corrected chi connectivity index (χ3v) is 7.36. The van der Waals surface area contributed by atoms with Crippen LogP contribution in [0.25, 0.3) is 11.3 Å². The van der Waals surface area contributed by atoms with E-state index < -0.39 is 14.0 Å². The van der Waals surface area contributed by atoms with E-state index in [1.165, 1.54) is 15.8 Å². The number of hydrogen-bond donors (Lipinski definition) is 0. The molecule has 1 atom stereocenters. The fourth-order valence-corrected chi connectivity index (χ4v) is 5.10. The summed E-state index contributed by atoms with van der Waals surface area (Å²) in [5.74, 6) is 0.321. The minimum Gasteiger partial charge on any atom is -0.483 e.